The van der Waals surface area contributed by atoms with Crippen molar-refractivity contribution in [1.82, 2.24) is 4.90 Å². The molecule has 4 atom stereocenters. The van der Waals surface area contributed by atoms with Gasteiger partial charge >= 0.3 is 0 Å². The Kier molecular flexibility index (Phi) is 4.71. The van der Waals surface area contributed by atoms with Gasteiger partial charge in [-0.3, -0.25) is 4.90 Å². The summed E-state index contributed by atoms with van der Waals surface area (Å²) in [4.78, 5) is 3.06. The van der Waals surface area contributed by atoms with Crippen molar-refractivity contribution in [2.45, 2.75) is 30.8 Å². The standard InChI is InChI=1S/C12H19NO4S/c14-7-9-11(16)12(17)10(15)6-13(9)4-3-8-2-1-5-18-8/h1-2,5,9-12,14-17H,3-4,6-7H2/t9-,10+,11-,12-/m1/s1. The normalized spacial score (nSPS) is 33.8. The van der Waals surface area contributed by atoms with Gasteiger partial charge in [0.05, 0.1) is 18.8 Å². The van der Waals surface area contributed by atoms with Crippen molar-refractivity contribution in [3.63, 3.8) is 0 Å². The number of hydrogen-bond donors (Lipinski definition) is 4. The highest BCUT2D eigenvalue weighted by Gasteiger charge is 2.40. The second kappa shape index (κ2) is 6.10. The van der Waals surface area contributed by atoms with Crippen LogP contribution in [0.25, 0.3) is 0 Å². The summed E-state index contributed by atoms with van der Waals surface area (Å²) in [5, 5.41) is 40.4. The third-order valence-corrected chi connectivity index (χ3v) is 4.38. The Bertz CT molecular complexity index is 359. The first-order valence-electron chi connectivity index (χ1n) is 6.05. The summed E-state index contributed by atoms with van der Waals surface area (Å²) in [5.74, 6) is 0. The van der Waals surface area contributed by atoms with Gasteiger partial charge in [0.15, 0.2) is 0 Å². The fourth-order valence-corrected chi connectivity index (χ4v) is 3.04. The third-order valence-electron chi connectivity index (χ3n) is 3.44. The summed E-state index contributed by atoms with van der Waals surface area (Å²) in [5.41, 5.74) is 0. The molecule has 1 aliphatic rings. The summed E-state index contributed by atoms with van der Waals surface area (Å²) in [6, 6.07) is 3.50. The molecule has 1 aliphatic heterocycles. The zero-order valence-corrected chi connectivity index (χ0v) is 10.8. The predicted octanol–water partition coefficient (Wildman–Crippen LogP) is -0.950. The van der Waals surface area contributed by atoms with Gasteiger partial charge in [-0.1, -0.05) is 6.07 Å². The quantitative estimate of drug-likeness (QED) is 0.568. The van der Waals surface area contributed by atoms with E-state index >= 15 is 0 Å². The van der Waals surface area contributed by atoms with Crippen molar-refractivity contribution in [1.29, 1.82) is 0 Å². The van der Waals surface area contributed by atoms with Gasteiger partial charge < -0.3 is 20.4 Å². The first kappa shape index (κ1) is 13.9. The molecular formula is C12H19NO4S. The van der Waals surface area contributed by atoms with Crippen LogP contribution in [0.2, 0.25) is 0 Å². The fraction of sp³-hybridized carbons (Fsp3) is 0.667. The lowest BCUT2D eigenvalue weighted by molar-refractivity contribution is -0.144. The minimum absolute atomic E-state index is 0.227. The molecule has 5 nitrogen and oxygen atoms in total. The Hall–Kier alpha value is -0.500. The number of aliphatic hydroxyl groups excluding tert-OH is 4. The van der Waals surface area contributed by atoms with Gasteiger partial charge in [-0.2, -0.15) is 0 Å². The highest BCUT2D eigenvalue weighted by molar-refractivity contribution is 7.09. The van der Waals surface area contributed by atoms with E-state index in [0.717, 1.165) is 6.42 Å². The Morgan fingerprint density at radius 2 is 2.06 bits per heavy atom. The lowest BCUT2D eigenvalue weighted by atomic mass is 9.94. The molecule has 2 heterocycles. The van der Waals surface area contributed by atoms with Crippen molar-refractivity contribution in [2.75, 3.05) is 19.7 Å². The van der Waals surface area contributed by atoms with Crippen LogP contribution in [0.5, 0.6) is 0 Å². The molecule has 1 aromatic heterocycles. The molecule has 0 saturated carbocycles. The number of piperidine rings is 1. The smallest absolute Gasteiger partial charge is 0.109 e. The number of β-amino-alcohol motifs (C(OH)–C–C–N with tert-alkyl or cyclic N) is 1. The Labute approximate surface area is 110 Å². The van der Waals surface area contributed by atoms with Gasteiger partial charge in [0.1, 0.15) is 12.2 Å². The Morgan fingerprint density at radius 1 is 1.28 bits per heavy atom. The molecule has 1 aromatic rings. The summed E-state index contributed by atoms with van der Waals surface area (Å²) >= 11 is 1.66. The molecule has 1 saturated heterocycles. The lowest BCUT2D eigenvalue weighted by Gasteiger charge is -2.43. The molecule has 0 radical (unpaired) electrons. The second-order valence-corrected chi connectivity index (χ2v) is 5.65. The van der Waals surface area contributed by atoms with Crippen LogP contribution in [0.1, 0.15) is 4.88 Å². The molecule has 0 aromatic carbocycles. The minimum Gasteiger partial charge on any atom is -0.395 e. The van der Waals surface area contributed by atoms with Crippen molar-refractivity contribution in [3.8, 4) is 0 Å². The van der Waals surface area contributed by atoms with Crippen molar-refractivity contribution >= 4 is 11.3 Å². The second-order valence-electron chi connectivity index (χ2n) is 4.62. The van der Waals surface area contributed by atoms with E-state index in [0.29, 0.717) is 6.54 Å². The van der Waals surface area contributed by atoms with Crippen LogP contribution in [0.15, 0.2) is 17.5 Å². The van der Waals surface area contributed by atoms with Crippen LogP contribution < -0.4 is 0 Å². The molecule has 6 heteroatoms. The molecule has 0 bridgehead atoms. The first-order chi connectivity index (χ1) is 8.63. The number of thiophene rings is 1. The monoisotopic (exact) mass is 273 g/mol. The van der Waals surface area contributed by atoms with E-state index in [-0.39, 0.29) is 13.2 Å². The molecular weight excluding hydrogens is 254 g/mol. The summed E-state index contributed by atoms with van der Waals surface area (Å²) in [6.45, 7) is 0.691. The Balaban J connectivity index is 1.97. The van der Waals surface area contributed by atoms with Crippen LogP contribution in [-0.4, -0.2) is 69.4 Å². The number of rotatable bonds is 4. The van der Waals surface area contributed by atoms with E-state index in [4.69, 9.17) is 0 Å². The van der Waals surface area contributed by atoms with E-state index < -0.39 is 24.4 Å². The summed E-state index contributed by atoms with van der Waals surface area (Å²) < 4.78 is 0. The zero-order chi connectivity index (χ0) is 13.1. The lowest BCUT2D eigenvalue weighted by Crippen LogP contribution is -2.62. The molecule has 1 fully saturated rings. The van der Waals surface area contributed by atoms with Gasteiger partial charge in [0.2, 0.25) is 0 Å². The van der Waals surface area contributed by atoms with Crippen LogP contribution in [0.3, 0.4) is 0 Å². The molecule has 102 valence electrons. The van der Waals surface area contributed by atoms with Crippen LogP contribution in [0, 0.1) is 0 Å². The number of hydrogen-bond acceptors (Lipinski definition) is 6. The first-order valence-corrected chi connectivity index (χ1v) is 6.93. The average Bonchev–Trinajstić information content (AvgIpc) is 2.86. The minimum atomic E-state index is -1.18. The summed E-state index contributed by atoms with van der Waals surface area (Å²) in [6.07, 6.45) is -2.45. The maximum Gasteiger partial charge on any atom is 0.109 e. The number of likely N-dealkylation sites (tertiary alicyclic amines) is 1. The Morgan fingerprint density at radius 3 is 2.67 bits per heavy atom. The van der Waals surface area contributed by atoms with Crippen molar-refractivity contribution in [2.24, 2.45) is 0 Å². The number of aliphatic hydroxyl groups is 4. The van der Waals surface area contributed by atoms with Gasteiger partial charge in [-0.25, -0.2) is 0 Å². The molecule has 4 N–H and O–H groups in total. The topological polar surface area (TPSA) is 84.2 Å². The van der Waals surface area contributed by atoms with Crippen molar-refractivity contribution in [3.05, 3.63) is 22.4 Å². The van der Waals surface area contributed by atoms with Crippen LogP contribution in [-0.2, 0) is 6.42 Å². The van der Waals surface area contributed by atoms with E-state index in [2.05, 4.69) is 0 Å². The van der Waals surface area contributed by atoms with Gasteiger partial charge in [0.25, 0.3) is 0 Å². The van der Waals surface area contributed by atoms with E-state index in [9.17, 15) is 20.4 Å². The molecule has 0 unspecified atom stereocenters. The predicted molar refractivity (Wildman–Crippen MR) is 68.5 cm³/mol. The largest absolute Gasteiger partial charge is 0.395 e. The van der Waals surface area contributed by atoms with E-state index in [1.165, 1.54) is 4.88 Å². The highest BCUT2D eigenvalue weighted by Crippen LogP contribution is 2.20. The van der Waals surface area contributed by atoms with E-state index in [1.807, 2.05) is 22.4 Å². The van der Waals surface area contributed by atoms with Crippen LogP contribution >= 0.6 is 11.3 Å². The maximum atomic E-state index is 9.83. The fourth-order valence-electron chi connectivity index (χ4n) is 2.34. The van der Waals surface area contributed by atoms with E-state index in [1.54, 1.807) is 11.3 Å². The number of nitrogens with zero attached hydrogens (tertiary/aromatic N) is 1. The molecule has 0 aliphatic carbocycles. The zero-order valence-electron chi connectivity index (χ0n) is 10.0. The van der Waals surface area contributed by atoms with Gasteiger partial charge in [-0.15, -0.1) is 11.3 Å². The summed E-state index contributed by atoms with van der Waals surface area (Å²) in [7, 11) is 0. The SMILES string of the molecule is OC[C@@H]1[C@@H](O)[C@H](O)[C@@H](O)CN1CCc1cccs1. The molecule has 0 spiro atoms. The molecule has 2 rings (SSSR count). The van der Waals surface area contributed by atoms with Gasteiger partial charge in [-0.05, 0) is 17.9 Å². The molecule has 18 heavy (non-hydrogen) atoms. The molecule has 0 amide bonds. The maximum absolute atomic E-state index is 9.83. The van der Waals surface area contributed by atoms with Crippen LogP contribution in [0.4, 0.5) is 0 Å². The third kappa shape index (κ3) is 2.90. The highest BCUT2D eigenvalue weighted by atomic mass is 32.1. The average molecular weight is 273 g/mol. The van der Waals surface area contributed by atoms with Gasteiger partial charge in [0, 0.05) is 18.0 Å². The van der Waals surface area contributed by atoms with Crippen molar-refractivity contribution < 1.29 is 20.4 Å².